The molecule has 0 radical (unpaired) electrons. The van der Waals surface area contributed by atoms with E-state index in [1.807, 2.05) is 62.4 Å². The second-order valence-electron chi connectivity index (χ2n) is 8.36. The van der Waals surface area contributed by atoms with E-state index >= 15 is 0 Å². The summed E-state index contributed by atoms with van der Waals surface area (Å²) in [5.74, 6) is -0.976. The van der Waals surface area contributed by atoms with E-state index in [-0.39, 0.29) is 33.9 Å². The lowest BCUT2D eigenvalue weighted by atomic mass is 10.2. The smallest absolute Gasteiger partial charge is 0.234 e. The van der Waals surface area contributed by atoms with Crippen LogP contribution in [0.1, 0.15) is 16.7 Å². The van der Waals surface area contributed by atoms with Gasteiger partial charge >= 0.3 is 0 Å². The van der Waals surface area contributed by atoms with Crippen molar-refractivity contribution in [1.29, 1.82) is 0 Å². The first-order valence-electron chi connectivity index (χ1n) is 11.7. The van der Waals surface area contributed by atoms with Crippen LogP contribution in [-0.4, -0.2) is 44.4 Å². The van der Waals surface area contributed by atoms with Gasteiger partial charge in [-0.15, -0.1) is 10.2 Å². The highest BCUT2D eigenvalue weighted by Crippen LogP contribution is 2.25. The Morgan fingerprint density at radius 1 is 0.872 bits per heavy atom. The third kappa shape index (κ3) is 8.16. The summed E-state index contributed by atoms with van der Waals surface area (Å²) in [5.41, 5.74) is 3.61. The van der Waals surface area contributed by atoms with Crippen LogP contribution in [0.15, 0.2) is 82.1 Å². The number of halogens is 2. The van der Waals surface area contributed by atoms with Crippen LogP contribution in [0.2, 0.25) is 5.02 Å². The van der Waals surface area contributed by atoms with E-state index in [4.69, 9.17) is 11.6 Å². The second-order valence-corrected chi connectivity index (χ2v) is 10.7. The van der Waals surface area contributed by atoms with Gasteiger partial charge in [-0.05, 0) is 50.2 Å². The summed E-state index contributed by atoms with van der Waals surface area (Å²) in [6.07, 6.45) is 1.26. The van der Waals surface area contributed by atoms with Gasteiger partial charge in [-0.2, -0.15) is 9.78 Å². The van der Waals surface area contributed by atoms with Gasteiger partial charge in [0.2, 0.25) is 22.1 Å². The number of hydrogen-bond acceptors (Lipinski definition) is 7. The number of anilines is 2. The van der Waals surface area contributed by atoms with Crippen LogP contribution in [0.5, 0.6) is 0 Å². The Balaban J connectivity index is 1.48. The molecule has 0 spiro atoms. The highest BCUT2D eigenvalue weighted by Gasteiger charge is 2.17. The molecular weight excluding hydrogens is 559 g/mol. The lowest BCUT2D eigenvalue weighted by molar-refractivity contribution is -0.114. The molecule has 0 aliphatic heterocycles. The van der Waals surface area contributed by atoms with Gasteiger partial charge in [-0.3, -0.25) is 9.59 Å². The van der Waals surface area contributed by atoms with Crippen LogP contribution in [0.25, 0.3) is 0 Å². The SMILES string of the molecule is Cc1ccc(NC(=O)CSc2nnc(SCC(=O)Nc3ccc(C)cc3)n2/N=C/c2c(F)cccc2Cl)cc1. The van der Waals surface area contributed by atoms with Crippen LogP contribution in [-0.2, 0) is 9.59 Å². The molecule has 39 heavy (non-hydrogen) atoms. The highest BCUT2D eigenvalue weighted by molar-refractivity contribution is 8.00. The Kier molecular flexibility index (Phi) is 9.74. The summed E-state index contributed by atoms with van der Waals surface area (Å²) in [5, 5.41) is 19.0. The molecular formula is C27H24ClFN6O2S2. The average Bonchev–Trinajstić information content (AvgIpc) is 3.30. The molecule has 0 aliphatic rings. The maximum absolute atomic E-state index is 14.3. The van der Waals surface area contributed by atoms with Crippen molar-refractivity contribution in [3.63, 3.8) is 0 Å². The van der Waals surface area contributed by atoms with Gasteiger partial charge in [-0.1, -0.05) is 76.6 Å². The van der Waals surface area contributed by atoms with Crippen molar-refractivity contribution in [2.45, 2.75) is 24.2 Å². The zero-order valence-corrected chi connectivity index (χ0v) is 23.4. The number of hydrogen-bond donors (Lipinski definition) is 2. The molecule has 0 unspecified atom stereocenters. The summed E-state index contributed by atoms with van der Waals surface area (Å²) in [6, 6.07) is 19.2. The standard InChI is InChI=1S/C27H24ClFN6O2S2/c1-17-6-10-19(11-7-17)31-24(36)15-38-26-33-34-27(35(26)30-14-21-22(28)4-3-5-23(21)29)39-16-25(37)32-20-12-8-18(2)9-13-20/h3-14H,15-16H2,1-2H3,(H,31,36)(H,32,37)/b30-14+. The van der Waals surface area contributed by atoms with E-state index in [2.05, 4.69) is 25.9 Å². The molecule has 12 heteroatoms. The summed E-state index contributed by atoms with van der Waals surface area (Å²) in [7, 11) is 0. The molecule has 1 aromatic heterocycles. The molecule has 0 saturated heterocycles. The number of nitrogens with zero attached hydrogens (tertiary/aromatic N) is 4. The number of rotatable bonds is 10. The Bertz CT molecular complexity index is 1390. The lowest BCUT2D eigenvalue weighted by Gasteiger charge is -2.07. The largest absolute Gasteiger partial charge is 0.325 e. The predicted molar refractivity (Wildman–Crippen MR) is 155 cm³/mol. The van der Waals surface area contributed by atoms with Crippen molar-refractivity contribution in [1.82, 2.24) is 14.9 Å². The van der Waals surface area contributed by atoms with Gasteiger partial charge < -0.3 is 10.6 Å². The monoisotopic (exact) mass is 582 g/mol. The number of aryl methyl sites for hydroxylation is 2. The average molecular weight is 583 g/mol. The molecule has 0 atom stereocenters. The van der Waals surface area contributed by atoms with E-state index in [0.717, 1.165) is 34.7 Å². The van der Waals surface area contributed by atoms with Crippen LogP contribution >= 0.6 is 35.1 Å². The molecule has 200 valence electrons. The van der Waals surface area contributed by atoms with Crippen LogP contribution < -0.4 is 10.6 Å². The molecule has 0 aliphatic carbocycles. The predicted octanol–water partition coefficient (Wildman–Crippen LogP) is 6.03. The van der Waals surface area contributed by atoms with E-state index in [9.17, 15) is 14.0 Å². The van der Waals surface area contributed by atoms with Crippen molar-refractivity contribution in [3.8, 4) is 0 Å². The first-order chi connectivity index (χ1) is 18.8. The minimum absolute atomic E-state index is 0.0283. The fourth-order valence-corrected chi connectivity index (χ4v) is 4.85. The molecule has 1 heterocycles. The van der Waals surface area contributed by atoms with E-state index in [0.29, 0.717) is 21.7 Å². The molecule has 4 rings (SSSR count). The number of thioether (sulfide) groups is 2. The van der Waals surface area contributed by atoms with E-state index in [1.165, 1.54) is 23.0 Å². The molecule has 3 aromatic carbocycles. The number of nitrogens with one attached hydrogen (secondary N) is 2. The number of carbonyl (C=O) groups excluding carboxylic acids is 2. The number of aromatic nitrogens is 3. The van der Waals surface area contributed by atoms with Gasteiger partial charge in [0, 0.05) is 16.9 Å². The Morgan fingerprint density at radius 2 is 1.36 bits per heavy atom. The number of benzene rings is 3. The van der Waals surface area contributed by atoms with E-state index < -0.39 is 5.82 Å². The lowest BCUT2D eigenvalue weighted by Crippen LogP contribution is -2.15. The van der Waals surface area contributed by atoms with Crippen molar-refractivity contribution < 1.29 is 14.0 Å². The van der Waals surface area contributed by atoms with Crippen molar-refractivity contribution in [2.24, 2.45) is 5.10 Å². The molecule has 0 fully saturated rings. The third-order valence-corrected chi connectivity index (χ3v) is 7.39. The van der Waals surface area contributed by atoms with Crippen molar-refractivity contribution in [3.05, 3.63) is 94.3 Å². The minimum atomic E-state index is -0.544. The summed E-state index contributed by atoms with van der Waals surface area (Å²) in [4.78, 5) is 25.0. The quantitative estimate of drug-likeness (QED) is 0.175. The molecule has 2 amide bonds. The maximum Gasteiger partial charge on any atom is 0.234 e. The van der Waals surface area contributed by atoms with Gasteiger partial charge in [0.05, 0.1) is 22.7 Å². The normalized spacial score (nSPS) is 11.1. The summed E-state index contributed by atoms with van der Waals surface area (Å²) < 4.78 is 15.7. The zero-order chi connectivity index (χ0) is 27.8. The molecule has 0 bridgehead atoms. The molecule has 4 aromatic rings. The van der Waals surface area contributed by atoms with Gasteiger partial charge in [0.15, 0.2) is 0 Å². The zero-order valence-electron chi connectivity index (χ0n) is 21.0. The second kappa shape index (κ2) is 13.4. The van der Waals surface area contributed by atoms with Crippen LogP contribution in [0, 0.1) is 19.7 Å². The fraction of sp³-hybridized carbons (Fsp3) is 0.148. The van der Waals surface area contributed by atoms with Crippen LogP contribution in [0.3, 0.4) is 0 Å². The van der Waals surface area contributed by atoms with Crippen LogP contribution in [0.4, 0.5) is 15.8 Å². The van der Waals surface area contributed by atoms with Crippen molar-refractivity contribution in [2.75, 3.05) is 22.1 Å². The van der Waals surface area contributed by atoms with E-state index in [1.54, 1.807) is 6.07 Å². The molecule has 8 nitrogen and oxygen atoms in total. The molecule has 2 N–H and O–H groups in total. The van der Waals surface area contributed by atoms with Gasteiger partial charge in [0.1, 0.15) is 5.82 Å². The Labute approximate surface area is 238 Å². The summed E-state index contributed by atoms with van der Waals surface area (Å²) >= 11 is 8.35. The number of amides is 2. The Morgan fingerprint density at radius 3 is 1.82 bits per heavy atom. The highest BCUT2D eigenvalue weighted by atomic mass is 35.5. The van der Waals surface area contributed by atoms with Gasteiger partial charge in [-0.25, -0.2) is 4.39 Å². The maximum atomic E-state index is 14.3. The molecule has 0 saturated carbocycles. The van der Waals surface area contributed by atoms with Crippen molar-refractivity contribution >= 4 is 64.5 Å². The van der Waals surface area contributed by atoms with Gasteiger partial charge in [0.25, 0.3) is 0 Å². The third-order valence-electron chi connectivity index (χ3n) is 5.22. The number of carbonyl (C=O) groups is 2. The summed E-state index contributed by atoms with van der Waals surface area (Å²) in [6.45, 7) is 3.93. The topological polar surface area (TPSA) is 101 Å². The Hall–Kier alpha value is -3.67. The minimum Gasteiger partial charge on any atom is -0.325 e. The first-order valence-corrected chi connectivity index (χ1v) is 14.1. The first kappa shape index (κ1) is 28.3. The fourth-order valence-electron chi connectivity index (χ4n) is 3.21.